The average Bonchev–Trinajstić information content (AvgIpc) is 2.85. The fourth-order valence-corrected chi connectivity index (χ4v) is 2.73. The van der Waals surface area contributed by atoms with Crippen LogP contribution in [0.2, 0.25) is 0 Å². The molecule has 0 N–H and O–H groups in total. The van der Waals surface area contributed by atoms with Gasteiger partial charge in [0.15, 0.2) is 0 Å². The zero-order valence-electron chi connectivity index (χ0n) is 12.4. The van der Waals surface area contributed by atoms with E-state index in [-0.39, 0.29) is 6.10 Å². The van der Waals surface area contributed by atoms with Crippen LogP contribution in [0.3, 0.4) is 0 Å². The summed E-state index contributed by atoms with van der Waals surface area (Å²) in [4.78, 5) is 7.03. The molecule has 0 unspecified atom stereocenters. The van der Waals surface area contributed by atoms with Crippen molar-refractivity contribution in [3.63, 3.8) is 0 Å². The lowest BCUT2D eigenvalue weighted by molar-refractivity contribution is 0.231. The molecule has 0 saturated carbocycles. The lowest BCUT2D eigenvalue weighted by atomic mass is 10.1. The number of pyridine rings is 1. The Morgan fingerprint density at radius 2 is 2.26 bits per heavy atom. The molecule has 3 nitrogen and oxygen atoms in total. The molecule has 3 heteroatoms. The van der Waals surface area contributed by atoms with E-state index in [1.54, 1.807) is 0 Å². The van der Waals surface area contributed by atoms with Crippen LogP contribution >= 0.6 is 0 Å². The summed E-state index contributed by atoms with van der Waals surface area (Å²) >= 11 is 0. The van der Waals surface area contributed by atoms with Gasteiger partial charge in [0.25, 0.3) is 0 Å². The van der Waals surface area contributed by atoms with Crippen molar-refractivity contribution >= 4 is 0 Å². The van der Waals surface area contributed by atoms with Crippen LogP contribution in [-0.2, 0) is 0 Å². The van der Waals surface area contributed by atoms with E-state index in [0.717, 1.165) is 5.88 Å². The van der Waals surface area contributed by atoms with Gasteiger partial charge in [-0.15, -0.1) is 0 Å². The third-order valence-electron chi connectivity index (χ3n) is 3.66. The van der Waals surface area contributed by atoms with Gasteiger partial charge in [0.2, 0.25) is 5.88 Å². The molecule has 0 aliphatic carbocycles. The van der Waals surface area contributed by atoms with Crippen LogP contribution in [0.25, 0.3) is 0 Å². The van der Waals surface area contributed by atoms with E-state index >= 15 is 0 Å². The van der Waals surface area contributed by atoms with Crippen molar-refractivity contribution in [3.05, 3.63) is 23.9 Å². The summed E-state index contributed by atoms with van der Waals surface area (Å²) in [7, 11) is 0. The van der Waals surface area contributed by atoms with Crippen molar-refractivity contribution in [2.45, 2.75) is 58.6 Å². The molecular weight excluding hydrogens is 236 g/mol. The second-order valence-corrected chi connectivity index (χ2v) is 5.64. The van der Waals surface area contributed by atoms with Gasteiger partial charge in [-0.3, -0.25) is 4.90 Å². The Kier molecular flexibility index (Phi) is 5.20. The highest BCUT2D eigenvalue weighted by molar-refractivity contribution is 5.21. The Morgan fingerprint density at radius 3 is 2.89 bits per heavy atom. The predicted molar refractivity (Wildman–Crippen MR) is 78.5 cm³/mol. The van der Waals surface area contributed by atoms with Crippen molar-refractivity contribution in [2.24, 2.45) is 0 Å². The SMILES string of the molecule is CCCCN1CCC[C@H]1c1ccc(OC(C)C)nc1. The number of hydrogen-bond donors (Lipinski definition) is 0. The Morgan fingerprint density at radius 1 is 1.42 bits per heavy atom. The van der Waals surface area contributed by atoms with Crippen molar-refractivity contribution in [3.8, 4) is 5.88 Å². The van der Waals surface area contributed by atoms with Gasteiger partial charge in [-0.2, -0.15) is 0 Å². The van der Waals surface area contributed by atoms with Gasteiger partial charge < -0.3 is 4.74 Å². The molecule has 1 aliphatic heterocycles. The van der Waals surface area contributed by atoms with Gasteiger partial charge in [-0.1, -0.05) is 19.4 Å². The molecule has 1 aromatic heterocycles. The number of nitrogens with zero attached hydrogens (tertiary/aromatic N) is 2. The maximum Gasteiger partial charge on any atom is 0.213 e. The normalized spacial score (nSPS) is 20.1. The van der Waals surface area contributed by atoms with E-state index in [0.29, 0.717) is 6.04 Å². The summed E-state index contributed by atoms with van der Waals surface area (Å²) in [6.07, 6.45) is 7.30. The zero-order valence-corrected chi connectivity index (χ0v) is 12.4. The fraction of sp³-hybridized carbons (Fsp3) is 0.688. The Labute approximate surface area is 117 Å². The molecule has 0 aromatic carbocycles. The fourth-order valence-electron chi connectivity index (χ4n) is 2.73. The first-order valence-electron chi connectivity index (χ1n) is 7.57. The zero-order chi connectivity index (χ0) is 13.7. The third kappa shape index (κ3) is 3.93. The molecule has 1 aromatic rings. The minimum absolute atomic E-state index is 0.186. The second kappa shape index (κ2) is 6.90. The van der Waals surface area contributed by atoms with Crippen LogP contribution in [0.1, 0.15) is 58.1 Å². The molecule has 1 saturated heterocycles. The maximum atomic E-state index is 5.60. The minimum atomic E-state index is 0.186. The predicted octanol–water partition coefficient (Wildman–Crippen LogP) is 3.81. The largest absolute Gasteiger partial charge is 0.475 e. The van der Waals surface area contributed by atoms with Crippen LogP contribution < -0.4 is 4.74 Å². The molecule has 0 bridgehead atoms. The Balaban J connectivity index is 2.00. The quantitative estimate of drug-likeness (QED) is 0.779. The molecule has 1 aliphatic rings. The van der Waals surface area contributed by atoms with Crippen molar-refractivity contribution in [2.75, 3.05) is 13.1 Å². The van der Waals surface area contributed by atoms with E-state index < -0.39 is 0 Å². The van der Waals surface area contributed by atoms with Crippen molar-refractivity contribution in [1.82, 2.24) is 9.88 Å². The summed E-state index contributed by atoms with van der Waals surface area (Å²) in [5.41, 5.74) is 1.34. The van der Waals surface area contributed by atoms with Gasteiger partial charge in [-0.25, -0.2) is 4.98 Å². The van der Waals surface area contributed by atoms with Crippen LogP contribution in [0.4, 0.5) is 0 Å². The summed E-state index contributed by atoms with van der Waals surface area (Å²) < 4.78 is 5.60. The molecular formula is C16H26N2O. The molecule has 19 heavy (non-hydrogen) atoms. The van der Waals surface area contributed by atoms with Crippen molar-refractivity contribution < 1.29 is 4.74 Å². The summed E-state index contributed by atoms with van der Waals surface area (Å²) in [6.45, 7) is 8.75. The number of aromatic nitrogens is 1. The first-order chi connectivity index (χ1) is 9.20. The second-order valence-electron chi connectivity index (χ2n) is 5.64. The molecule has 106 valence electrons. The number of rotatable bonds is 6. The first-order valence-corrected chi connectivity index (χ1v) is 7.57. The van der Waals surface area contributed by atoms with Crippen molar-refractivity contribution in [1.29, 1.82) is 0 Å². The van der Waals surface area contributed by atoms with Crippen LogP contribution in [0.5, 0.6) is 5.88 Å². The molecule has 0 spiro atoms. The van der Waals surface area contributed by atoms with Gasteiger partial charge in [0, 0.05) is 18.3 Å². The highest BCUT2D eigenvalue weighted by atomic mass is 16.5. The van der Waals surface area contributed by atoms with Crippen LogP contribution in [0.15, 0.2) is 18.3 Å². The highest BCUT2D eigenvalue weighted by Crippen LogP contribution is 2.32. The molecule has 1 atom stereocenters. The van der Waals surface area contributed by atoms with E-state index in [9.17, 15) is 0 Å². The first kappa shape index (κ1) is 14.3. The lowest BCUT2D eigenvalue weighted by Gasteiger charge is -2.24. The summed E-state index contributed by atoms with van der Waals surface area (Å²) in [5.74, 6) is 0.733. The van der Waals surface area contributed by atoms with Gasteiger partial charge in [0.05, 0.1) is 6.10 Å². The van der Waals surface area contributed by atoms with Gasteiger partial charge >= 0.3 is 0 Å². The molecule has 2 heterocycles. The topological polar surface area (TPSA) is 25.4 Å². The van der Waals surface area contributed by atoms with Crippen LogP contribution in [0, 0.1) is 0 Å². The van der Waals surface area contributed by atoms with E-state index in [1.165, 1.54) is 44.3 Å². The summed E-state index contributed by atoms with van der Waals surface area (Å²) in [6, 6.07) is 4.75. The maximum absolute atomic E-state index is 5.60. The number of unbranched alkanes of at least 4 members (excludes halogenated alkanes) is 1. The lowest BCUT2D eigenvalue weighted by Crippen LogP contribution is -2.24. The molecule has 0 radical (unpaired) electrons. The smallest absolute Gasteiger partial charge is 0.213 e. The van der Waals surface area contributed by atoms with E-state index in [1.807, 2.05) is 26.1 Å². The molecule has 1 fully saturated rings. The highest BCUT2D eigenvalue weighted by Gasteiger charge is 2.25. The third-order valence-corrected chi connectivity index (χ3v) is 3.66. The van der Waals surface area contributed by atoms with Crippen LogP contribution in [-0.4, -0.2) is 29.1 Å². The van der Waals surface area contributed by atoms with E-state index in [4.69, 9.17) is 4.74 Å². The molecule has 2 rings (SSSR count). The van der Waals surface area contributed by atoms with Gasteiger partial charge in [0.1, 0.15) is 0 Å². The van der Waals surface area contributed by atoms with Gasteiger partial charge in [-0.05, 0) is 51.8 Å². The Bertz CT molecular complexity index is 375. The number of hydrogen-bond acceptors (Lipinski definition) is 3. The number of likely N-dealkylation sites (tertiary alicyclic amines) is 1. The molecule has 0 amide bonds. The average molecular weight is 262 g/mol. The monoisotopic (exact) mass is 262 g/mol. The Hall–Kier alpha value is -1.09. The van der Waals surface area contributed by atoms with E-state index in [2.05, 4.69) is 22.9 Å². The minimum Gasteiger partial charge on any atom is -0.475 e. The standard InChI is InChI=1S/C16H26N2O/c1-4-5-10-18-11-6-7-15(18)14-8-9-16(17-12-14)19-13(2)3/h8-9,12-13,15H,4-7,10-11H2,1-3H3/t15-/m0/s1. The number of ether oxygens (including phenoxy) is 1. The summed E-state index contributed by atoms with van der Waals surface area (Å²) in [5, 5.41) is 0.